The van der Waals surface area contributed by atoms with Crippen molar-refractivity contribution >= 4 is 51.4 Å². The first-order valence-electron chi connectivity index (χ1n) is 6.49. The van der Waals surface area contributed by atoms with E-state index < -0.39 is 0 Å². The van der Waals surface area contributed by atoms with Crippen LogP contribution in [0.25, 0.3) is 11.0 Å². The van der Waals surface area contributed by atoms with Gasteiger partial charge in [0, 0.05) is 31.8 Å². The maximum absolute atomic E-state index is 12.1. The molecule has 6 nitrogen and oxygen atoms in total. The van der Waals surface area contributed by atoms with Gasteiger partial charge in [0.15, 0.2) is 5.12 Å². The second-order valence-corrected chi connectivity index (χ2v) is 6.49. The summed E-state index contributed by atoms with van der Waals surface area (Å²) in [6.07, 6.45) is 2.14. The molecule has 0 saturated carbocycles. The zero-order valence-electron chi connectivity index (χ0n) is 11.3. The van der Waals surface area contributed by atoms with Gasteiger partial charge in [0.25, 0.3) is 0 Å². The fourth-order valence-corrected chi connectivity index (χ4v) is 3.26. The number of aromatic amines is 1. The number of nitrogens with one attached hydrogen (secondary N) is 1. The molecule has 1 aliphatic heterocycles. The van der Waals surface area contributed by atoms with Crippen molar-refractivity contribution in [2.45, 2.75) is 13.3 Å². The Kier molecular flexibility index (Phi) is 3.86. The topological polar surface area (TPSA) is 79.0 Å². The van der Waals surface area contributed by atoms with Crippen molar-refractivity contribution < 1.29 is 9.59 Å². The molecule has 1 aliphatic rings. The van der Waals surface area contributed by atoms with Gasteiger partial charge >= 0.3 is 0 Å². The van der Waals surface area contributed by atoms with Crippen molar-refractivity contribution in [2.24, 2.45) is 5.92 Å². The van der Waals surface area contributed by atoms with E-state index in [-0.39, 0.29) is 16.9 Å². The summed E-state index contributed by atoms with van der Waals surface area (Å²) in [5, 5.41) is 1.12. The maximum Gasteiger partial charge on any atom is 0.235 e. The van der Waals surface area contributed by atoms with E-state index in [0.29, 0.717) is 35.5 Å². The normalized spacial score (nSPS) is 18.7. The molecule has 2 aromatic rings. The van der Waals surface area contributed by atoms with Crippen LogP contribution in [-0.4, -0.2) is 38.3 Å². The SMILES string of the molecule is CC(=O)SCC1CC(=O)N(c2nc(Cl)c3cc[nH]c3n2)C1. The third-order valence-electron chi connectivity index (χ3n) is 3.33. The molecule has 0 bridgehead atoms. The van der Waals surface area contributed by atoms with Gasteiger partial charge in [-0.25, -0.2) is 0 Å². The third kappa shape index (κ3) is 2.89. The van der Waals surface area contributed by atoms with Crippen LogP contribution in [0.3, 0.4) is 0 Å². The standard InChI is InChI=1S/C13H13ClN4O2S/c1-7(19)21-6-8-4-10(20)18(5-8)13-16-11(14)9-2-3-15-12(9)17-13/h2-3,8H,4-6H2,1H3,(H,15,16,17). The molecule has 1 fully saturated rings. The minimum absolute atomic E-state index is 0.0360. The van der Waals surface area contributed by atoms with Gasteiger partial charge in [-0.3, -0.25) is 14.5 Å². The number of thioether (sulfide) groups is 1. The number of hydrogen-bond acceptors (Lipinski definition) is 5. The largest absolute Gasteiger partial charge is 0.346 e. The van der Waals surface area contributed by atoms with Crippen LogP contribution >= 0.6 is 23.4 Å². The summed E-state index contributed by atoms with van der Waals surface area (Å²) >= 11 is 7.35. The van der Waals surface area contributed by atoms with Gasteiger partial charge in [0.2, 0.25) is 11.9 Å². The number of anilines is 1. The molecule has 110 valence electrons. The van der Waals surface area contributed by atoms with Crippen LogP contribution in [0.5, 0.6) is 0 Å². The third-order valence-corrected chi connectivity index (χ3v) is 4.66. The zero-order chi connectivity index (χ0) is 15.0. The van der Waals surface area contributed by atoms with Crippen LogP contribution in [0.1, 0.15) is 13.3 Å². The average Bonchev–Trinajstić information content (AvgIpc) is 3.02. The molecule has 3 heterocycles. The van der Waals surface area contributed by atoms with Crippen molar-refractivity contribution in [3.8, 4) is 0 Å². The van der Waals surface area contributed by atoms with E-state index in [1.54, 1.807) is 12.3 Å². The lowest BCUT2D eigenvalue weighted by Gasteiger charge is -2.14. The summed E-state index contributed by atoms with van der Waals surface area (Å²) in [7, 11) is 0. The summed E-state index contributed by atoms with van der Waals surface area (Å²) in [5.74, 6) is 1.05. The molecule has 0 radical (unpaired) electrons. The highest BCUT2D eigenvalue weighted by Gasteiger charge is 2.32. The van der Waals surface area contributed by atoms with Gasteiger partial charge < -0.3 is 4.98 Å². The fraction of sp³-hybridized carbons (Fsp3) is 0.385. The van der Waals surface area contributed by atoms with Gasteiger partial charge in [0.1, 0.15) is 10.8 Å². The number of carbonyl (C=O) groups is 2. The minimum Gasteiger partial charge on any atom is -0.346 e. The first-order chi connectivity index (χ1) is 10.0. The molecular weight excluding hydrogens is 312 g/mol. The van der Waals surface area contributed by atoms with Crippen molar-refractivity contribution in [1.29, 1.82) is 0 Å². The number of rotatable bonds is 3. The highest BCUT2D eigenvalue weighted by Crippen LogP contribution is 2.28. The Labute approximate surface area is 130 Å². The Morgan fingerprint density at radius 2 is 2.38 bits per heavy atom. The number of nitrogens with zero attached hydrogens (tertiary/aromatic N) is 3. The predicted molar refractivity (Wildman–Crippen MR) is 82.5 cm³/mol. The van der Waals surface area contributed by atoms with Crippen LogP contribution < -0.4 is 4.90 Å². The minimum atomic E-state index is -0.0360. The van der Waals surface area contributed by atoms with E-state index >= 15 is 0 Å². The number of fused-ring (bicyclic) bond motifs is 1. The van der Waals surface area contributed by atoms with Crippen molar-refractivity contribution in [3.05, 3.63) is 17.4 Å². The van der Waals surface area contributed by atoms with E-state index in [9.17, 15) is 9.59 Å². The van der Waals surface area contributed by atoms with Crippen LogP contribution in [0.4, 0.5) is 5.95 Å². The van der Waals surface area contributed by atoms with Crippen LogP contribution in [0, 0.1) is 5.92 Å². The van der Waals surface area contributed by atoms with Crippen LogP contribution in [0.15, 0.2) is 12.3 Å². The molecule has 1 unspecified atom stereocenters. The fourth-order valence-electron chi connectivity index (χ4n) is 2.34. The summed E-state index contributed by atoms with van der Waals surface area (Å²) in [6, 6.07) is 1.79. The van der Waals surface area contributed by atoms with E-state index in [4.69, 9.17) is 11.6 Å². The Bertz CT molecular complexity index is 717. The highest BCUT2D eigenvalue weighted by molar-refractivity contribution is 8.13. The van der Waals surface area contributed by atoms with Crippen molar-refractivity contribution in [3.63, 3.8) is 0 Å². The van der Waals surface area contributed by atoms with Crippen LogP contribution in [-0.2, 0) is 9.59 Å². The second-order valence-electron chi connectivity index (χ2n) is 4.93. The van der Waals surface area contributed by atoms with E-state index in [1.165, 1.54) is 23.6 Å². The van der Waals surface area contributed by atoms with Gasteiger partial charge in [-0.1, -0.05) is 23.4 Å². The molecule has 21 heavy (non-hydrogen) atoms. The number of H-pyrrole nitrogens is 1. The van der Waals surface area contributed by atoms with Crippen LogP contribution in [0.2, 0.25) is 5.15 Å². The van der Waals surface area contributed by atoms with Gasteiger partial charge in [0.05, 0.1) is 5.39 Å². The molecule has 3 rings (SSSR count). The molecule has 1 N–H and O–H groups in total. The molecule has 1 atom stereocenters. The Balaban J connectivity index is 1.82. The maximum atomic E-state index is 12.1. The monoisotopic (exact) mass is 324 g/mol. The smallest absolute Gasteiger partial charge is 0.235 e. The van der Waals surface area contributed by atoms with Gasteiger partial charge in [-0.15, -0.1) is 0 Å². The first-order valence-corrected chi connectivity index (χ1v) is 7.85. The molecule has 0 aromatic carbocycles. The van der Waals surface area contributed by atoms with E-state index in [1.807, 2.05) is 0 Å². The van der Waals surface area contributed by atoms with Gasteiger partial charge in [-0.05, 0) is 12.0 Å². The predicted octanol–water partition coefficient (Wildman–Crippen LogP) is 2.24. The summed E-state index contributed by atoms with van der Waals surface area (Å²) in [5.41, 5.74) is 0.611. The number of hydrogen-bond donors (Lipinski definition) is 1. The lowest BCUT2D eigenvalue weighted by Crippen LogP contribution is -2.27. The second kappa shape index (κ2) is 5.65. The quantitative estimate of drug-likeness (QED) is 0.876. The lowest BCUT2D eigenvalue weighted by molar-refractivity contribution is -0.117. The number of halogens is 1. The van der Waals surface area contributed by atoms with Crippen molar-refractivity contribution in [1.82, 2.24) is 15.0 Å². The van der Waals surface area contributed by atoms with Crippen molar-refractivity contribution in [2.75, 3.05) is 17.2 Å². The van der Waals surface area contributed by atoms with E-state index in [2.05, 4.69) is 15.0 Å². The molecule has 8 heteroatoms. The number of aromatic nitrogens is 3. The Morgan fingerprint density at radius 3 is 3.14 bits per heavy atom. The molecule has 2 aromatic heterocycles. The average molecular weight is 325 g/mol. The van der Waals surface area contributed by atoms with E-state index in [0.717, 1.165) is 5.39 Å². The zero-order valence-corrected chi connectivity index (χ0v) is 12.9. The summed E-state index contributed by atoms with van der Waals surface area (Å²) in [6.45, 7) is 2.04. The Morgan fingerprint density at radius 1 is 1.57 bits per heavy atom. The molecule has 1 saturated heterocycles. The molecular formula is C13H13ClN4O2S. The Hall–Kier alpha value is -1.60. The number of amides is 1. The highest BCUT2D eigenvalue weighted by atomic mass is 35.5. The summed E-state index contributed by atoms with van der Waals surface area (Å²) in [4.78, 5) is 36.2. The number of carbonyl (C=O) groups excluding carboxylic acids is 2. The molecule has 1 amide bonds. The van der Waals surface area contributed by atoms with Gasteiger partial charge in [-0.2, -0.15) is 9.97 Å². The summed E-state index contributed by atoms with van der Waals surface area (Å²) < 4.78 is 0. The lowest BCUT2D eigenvalue weighted by atomic mass is 10.1. The molecule has 0 spiro atoms. The first kappa shape index (κ1) is 14.3. The molecule has 0 aliphatic carbocycles.